The van der Waals surface area contributed by atoms with Crippen LogP contribution in [0.15, 0.2) is 54.2 Å². The van der Waals surface area contributed by atoms with Gasteiger partial charge in [0.15, 0.2) is 11.5 Å². The van der Waals surface area contributed by atoms with E-state index in [-0.39, 0.29) is 0 Å². The summed E-state index contributed by atoms with van der Waals surface area (Å²) < 4.78 is 12.5. The Labute approximate surface area is 153 Å². The number of allylic oxidation sites excluding steroid dienone is 3. The third kappa shape index (κ3) is 2.51. The molecule has 2 bridgehead atoms. The summed E-state index contributed by atoms with van der Waals surface area (Å²) in [5.41, 5.74) is 1.91. The second-order valence-corrected chi connectivity index (χ2v) is 7.62. The highest BCUT2D eigenvalue weighted by Crippen LogP contribution is 2.53. The van der Waals surface area contributed by atoms with Crippen molar-refractivity contribution in [2.75, 3.05) is 13.6 Å². The fourth-order valence-corrected chi connectivity index (χ4v) is 4.52. The van der Waals surface area contributed by atoms with Gasteiger partial charge in [0.2, 0.25) is 0 Å². The molecule has 0 aromatic carbocycles. The van der Waals surface area contributed by atoms with E-state index in [1.807, 2.05) is 13.0 Å². The van der Waals surface area contributed by atoms with Crippen LogP contribution in [0, 0.1) is 11.8 Å². The Balaban J connectivity index is 1.65. The second-order valence-electron chi connectivity index (χ2n) is 7.18. The van der Waals surface area contributed by atoms with Crippen molar-refractivity contribution < 1.29 is 9.47 Å². The normalized spacial score (nSPS) is 34.6. The number of aromatic nitrogens is 1. The van der Waals surface area contributed by atoms with Crippen LogP contribution in [0.1, 0.15) is 26.0 Å². The van der Waals surface area contributed by atoms with Gasteiger partial charge in [-0.15, -0.1) is 0 Å². The van der Waals surface area contributed by atoms with Crippen LogP contribution in [0.3, 0.4) is 0 Å². The predicted octanol–water partition coefficient (Wildman–Crippen LogP) is 4.25. The van der Waals surface area contributed by atoms with Gasteiger partial charge >= 0.3 is 0 Å². The van der Waals surface area contributed by atoms with E-state index in [1.54, 1.807) is 18.3 Å². The minimum atomic E-state index is -0.966. The molecule has 0 radical (unpaired) electrons. The van der Waals surface area contributed by atoms with Crippen molar-refractivity contribution >= 4 is 11.6 Å². The van der Waals surface area contributed by atoms with E-state index >= 15 is 0 Å². The summed E-state index contributed by atoms with van der Waals surface area (Å²) in [4.78, 5) is 6.83. The van der Waals surface area contributed by atoms with Gasteiger partial charge in [0, 0.05) is 31.6 Å². The fourth-order valence-electron chi connectivity index (χ4n) is 4.41. The van der Waals surface area contributed by atoms with Gasteiger partial charge in [0.1, 0.15) is 5.69 Å². The van der Waals surface area contributed by atoms with Crippen LogP contribution < -0.4 is 0 Å². The molecule has 132 valence electrons. The van der Waals surface area contributed by atoms with Crippen molar-refractivity contribution in [3.8, 4) is 0 Å². The molecule has 1 aliphatic carbocycles. The first-order valence-electron chi connectivity index (χ1n) is 8.70. The number of fused-ring (bicyclic) bond motifs is 1. The molecular weight excluding hydrogens is 336 g/mol. The van der Waals surface area contributed by atoms with E-state index in [0.29, 0.717) is 34.4 Å². The Morgan fingerprint density at radius 2 is 2.24 bits per heavy atom. The molecular formula is C20H23ClN2O2. The summed E-state index contributed by atoms with van der Waals surface area (Å²) in [6.45, 7) is 9.02. The summed E-state index contributed by atoms with van der Waals surface area (Å²) in [6.07, 6.45) is 6.76. The third-order valence-electron chi connectivity index (χ3n) is 5.69. The molecule has 1 saturated carbocycles. The molecule has 4 aliphatic rings. The molecule has 4 nitrogen and oxygen atoms in total. The summed E-state index contributed by atoms with van der Waals surface area (Å²) in [5, 5.41) is 0.589. The minimum absolute atomic E-state index is 0.504. The van der Waals surface area contributed by atoms with Gasteiger partial charge in [-0.3, -0.25) is 4.98 Å². The van der Waals surface area contributed by atoms with Crippen molar-refractivity contribution in [2.24, 2.45) is 11.8 Å². The van der Waals surface area contributed by atoms with E-state index in [2.05, 4.69) is 36.5 Å². The van der Waals surface area contributed by atoms with E-state index in [4.69, 9.17) is 21.1 Å². The smallest absolute Gasteiger partial charge is 0.292 e. The number of pyridine rings is 1. The molecule has 2 saturated heterocycles. The lowest BCUT2D eigenvalue weighted by Crippen LogP contribution is -2.39. The number of nitrogens with zero attached hydrogens (tertiary/aromatic N) is 2. The van der Waals surface area contributed by atoms with Gasteiger partial charge in [-0.25, -0.2) is 0 Å². The van der Waals surface area contributed by atoms with Gasteiger partial charge in [-0.1, -0.05) is 24.3 Å². The maximum Gasteiger partial charge on any atom is 0.292 e. The van der Waals surface area contributed by atoms with Crippen molar-refractivity contribution in [1.82, 2.24) is 9.88 Å². The average Bonchev–Trinajstić information content (AvgIpc) is 3.23. The number of hydrogen-bond donors (Lipinski definition) is 0. The lowest BCUT2D eigenvalue weighted by molar-refractivity contribution is -0.147. The molecule has 0 spiro atoms. The molecule has 1 aromatic rings. The monoisotopic (exact) mass is 358 g/mol. The Bertz CT molecular complexity index is 770. The van der Waals surface area contributed by atoms with Crippen LogP contribution in [-0.2, 0) is 15.3 Å². The Morgan fingerprint density at radius 1 is 1.44 bits per heavy atom. The van der Waals surface area contributed by atoms with Crippen molar-refractivity contribution in [2.45, 2.75) is 32.1 Å². The summed E-state index contributed by atoms with van der Waals surface area (Å²) in [6, 6.07) is 4.23. The molecule has 3 fully saturated rings. The van der Waals surface area contributed by atoms with E-state index in [1.165, 1.54) is 12.0 Å². The third-order valence-corrected chi connectivity index (χ3v) is 5.91. The van der Waals surface area contributed by atoms with E-state index in [9.17, 15) is 0 Å². The molecule has 4 heterocycles. The topological polar surface area (TPSA) is 34.6 Å². The summed E-state index contributed by atoms with van der Waals surface area (Å²) in [7, 11) is 2.20. The first kappa shape index (κ1) is 16.7. The number of halogens is 1. The van der Waals surface area contributed by atoms with Gasteiger partial charge in [-0.05, 0) is 50.1 Å². The zero-order chi connectivity index (χ0) is 17.8. The predicted molar refractivity (Wildman–Crippen MR) is 97.8 cm³/mol. The fraction of sp³-hybridized carbons (Fsp3) is 0.450. The number of rotatable bonds is 4. The lowest BCUT2D eigenvalue weighted by Gasteiger charge is -2.38. The van der Waals surface area contributed by atoms with Crippen molar-refractivity contribution in [3.63, 3.8) is 0 Å². The molecule has 4 unspecified atom stereocenters. The van der Waals surface area contributed by atoms with Crippen LogP contribution in [0.2, 0.25) is 5.02 Å². The van der Waals surface area contributed by atoms with E-state index < -0.39 is 5.79 Å². The highest BCUT2D eigenvalue weighted by Gasteiger charge is 2.54. The maximum atomic E-state index is 6.34. The Morgan fingerprint density at radius 3 is 2.76 bits per heavy atom. The molecule has 3 aliphatic heterocycles. The molecule has 25 heavy (non-hydrogen) atoms. The van der Waals surface area contributed by atoms with Crippen LogP contribution in [0.25, 0.3) is 0 Å². The molecule has 5 rings (SSSR count). The maximum absolute atomic E-state index is 6.34. The summed E-state index contributed by atoms with van der Waals surface area (Å²) >= 11 is 5.96. The molecule has 5 heteroatoms. The first-order chi connectivity index (χ1) is 12.0. The number of ether oxygens (including phenoxy) is 2. The molecule has 4 atom stereocenters. The largest absolute Gasteiger partial charge is 0.443 e. The van der Waals surface area contributed by atoms with Gasteiger partial charge < -0.3 is 14.4 Å². The summed E-state index contributed by atoms with van der Waals surface area (Å²) in [5.74, 6) is 1.72. The quantitative estimate of drug-likeness (QED) is 0.806. The second kappa shape index (κ2) is 5.89. The average molecular weight is 359 g/mol. The zero-order valence-electron chi connectivity index (χ0n) is 14.8. The molecule has 0 N–H and O–H groups in total. The van der Waals surface area contributed by atoms with E-state index in [0.717, 1.165) is 12.3 Å². The van der Waals surface area contributed by atoms with Crippen LogP contribution in [-0.4, -0.2) is 29.5 Å². The highest BCUT2D eigenvalue weighted by atomic mass is 35.5. The van der Waals surface area contributed by atoms with Gasteiger partial charge in [-0.2, -0.15) is 0 Å². The van der Waals surface area contributed by atoms with Gasteiger partial charge in [0.05, 0.1) is 5.02 Å². The SMILES string of the molecule is C=CC1=C(/C(=C\C)C2C3CC2N(C)C3)OC(C)(c2ccc(Cl)cn2)O1. The zero-order valence-corrected chi connectivity index (χ0v) is 15.6. The van der Waals surface area contributed by atoms with Crippen LogP contribution >= 0.6 is 11.6 Å². The van der Waals surface area contributed by atoms with Crippen molar-refractivity contribution in [1.29, 1.82) is 0 Å². The standard InChI is InChI=1S/C20H23ClN2O2/c1-5-14(18-12-9-15(18)23(4)11-12)19-16(6-2)24-20(3,25-19)17-8-7-13(21)10-22-17/h5-8,10,12,15,18H,2,9,11H2,1,3-4H3/b14-5-. The Kier molecular flexibility index (Phi) is 3.93. The number of hydrogen-bond acceptors (Lipinski definition) is 4. The van der Waals surface area contributed by atoms with Crippen molar-refractivity contribution in [3.05, 3.63) is 64.9 Å². The van der Waals surface area contributed by atoms with Gasteiger partial charge in [0.25, 0.3) is 5.79 Å². The lowest BCUT2D eigenvalue weighted by atomic mass is 9.69. The minimum Gasteiger partial charge on any atom is -0.443 e. The Hall–Kier alpha value is -1.78. The van der Waals surface area contributed by atoms with Crippen LogP contribution in [0.5, 0.6) is 0 Å². The van der Waals surface area contributed by atoms with Crippen LogP contribution in [0.4, 0.5) is 0 Å². The highest BCUT2D eigenvalue weighted by molar-refractivity contribution is 6.30. The first-order valence-corrected chi connectivity index (χ1v) is 9.08. The molecule has 1 aromatic heterocycles. The molecule has 0 amide bonds.